The Bertz CT molecular complexity index is 330. The van der Waals surface area contributed by atoms with Crippen LogP contribution in [0.1, 0.15) is 6.42 Å². The summed E-state index contributed by atoms with van der Waals surface area (Å²) in [6.07, 6.45) is 5.84. The fourth-order valence-electron chi connectivity index (χ4n) is 0.902. The van der Waals surface area contributed by atoms with E-state index >= 15 is 0 Å². The van der Waals surface area contributed by atoms with E-state index in [9.17, 15) is 0 Å². The average Bonchev–Trinajstić information content (AvgIpc) is 2.11. The zero-order chi connectivity index (χ0) is 9.68. The Morgan fingerprint density at radius 2 is 2.31 bits per heavy atom. The fourth-order valence-corrected chi connectivity index (χ4v) is 1.46. The van der Waals surface area contributed by atoms with Gasteiger partial charge in [-0.1, -0.05) is 11.6 Å². The third-order valence-corrected chi connectivity index (χ3v) is 2.44. The molecule has 0 saturated carbocycles. The van der Waals surface area contributed by atoms with Gasteiger partial charge in [0, 0.05) is 28.1 Å². The number of rotatable bonds is 3. The number of anilines is 1. The molecule has 0 atom stereocenters. The fraction of sp³-hybridized carbons (Fsp3) is 0.200. The highest BCUT2D eigenvalue weighted by Crippen LogP contribution is 2.25. The summed E-state index contributed by atoms with van der Waals surface area (Å²) in [6.45, 7) is 0.759. The summed E-state index contributed by atoms with van der Waals surface area (Å²) in [6, 6.07) is 5.60. The first-order valence-electron chi connectivity index (χ1n) is 3.86. The molecule has 0 fully saturated rings. The van der Waals surface area contributed by atoms with Crippen molar-refractivity contribution in [1.29, 1.82) is 0 Å². The Balaban J connectivity index is 2.65. The highest BCUT2D eigenvalue weighted by atomic mass is 79.9. The van der Waals surface area contributed by atoms with Gasteiger partial charge in [0.05, 0.1) is 0 Å². The van der Waals surface area contributed by atoms with Crippen LogP contribution in [0.2, 0.25) is 5.02 Å². The average molecular weight is 259 g/mol. The van der Waals surface area contributed by atoms with Gasteiger partial charge in [-0.2, -0.15) is 0 Å². The summed E-state index contributed by atoms with van der Waals surface area (Å²) < 4.78 is 0.994. The minimum absolute atomic E-state index is 0.707. The highest BCUT2D eigenvalue weighted by molar-refractivity contribution is 9.10. The molecule has 1 rings (SSSR count). The number of nitrogens with one attached hydrogen (secondary N) is 1. The van der Waals surface area contributed by atoms with Crippen molar-refractivity contribution in [3.63, 3.8) is 0 Å². The lowest BCUT2D eigenvalue weighted by Gasteiger charge is -2.06. The third-order valence-electron chi connectivity index (χ3n) is 1.51. The van der Waals surface area contributed by atoms with Crippen molar-refractivity contribution in [1.82, 2.24) is 0 Å². The summed E-state index contributed by atoms with van der Waals surface area (Å²) in [5.74, 6) is 2.56. The number of terminal acetylenes is 1. The van der Waals surface area contributed by atoms with Gasteiger partial charge in [-0.25, -0.2) is 0 Å². The van der Waals surface area contributed by atoms with E-state index < -0.39 is 0 Å². The van der Waals surface area contributed by atoms with Crippen LogP contribution < -0.4 is 5.32 Å². The van der Waals surface area contributed by atoms with Crippen LogP contribution in [-0.4, -0.2) is 6.54 Å². The predicted octanol–water partition coefficient (Wildman–Crippen LogP) is 3.54. The lowest BCUT2D eigenvalue weighted by molar-refractivity contribution is 1.10. The van der Waals surface area contributed by atoms with Crippen molar-refractivity contribution < 1.29 is 0 Å². The van der Waals surface area contributed by atoms with Gasteiger partial charge in [0.2, 0.25) is 0 Å². The van der Waals surface area contributed by atoms with E-state index in [1.54, 1.807) is 0 Å². The SMILES string of the molecule is C#CCCNc1cc(Cl)ccc1Br. The van der Waals surface area contributed by atoms with E-state index in [0.29, 0.717) is 11.4 Å². The van der Waals surface area contributed by atoms with E-state index in [0.717, 1.165) is 16.7 Å². The van der Waals surface area contributed by atoms with Crippen molar-refractivity contribution in [2.24, 2.45) is 0 Å². The lowest BCUT2D eigenvalue weighted by Crippen LogP contribution is -2.00. The van der Waals surface area contributed by atoms with Crippen molar-refractivity contribution >= 4 is 33.2 Å². The topological polar surface area (TPSA) is 12.0 Å². The summed E-state index contributed by atoms with van der Waals surface area (Å²) in [5.41, 5.74) is 0.975. The van der Waals surface area contributed by atoms with Crippen molar-refractivity contribution in [2.75, 3.05) is 11.9 Å². The number of benzene rings is 1. The molecule has 0 aliphatic carbocycles. The maximum Gasteiger partial charge on any atom is 0.0499 e. The molecule has 0 radical (unpaired) electrons. The Hall–Kier alpha value is -0.650. The van der Waals surface area contributed by atoms with Gasteiger partial charge in [0.1, 0.15) is 0 Å². The van der Waals surface area contributed by atoms with Gasteiger partial charge >= 0.3 is 0 Å². The van der Waals surface area contributed by atoms with Gasteiger partial charge < -0.3 is 5.32 Å². The standard InChI is InChI=1S/C10H9BrClN/c1-2-3-6-13-10-7-8(12)4-5-9(10)11/h1,4-5,7,13H,3,6H2. The van der Waals surface area contributed by atoms with Gasteiger partial charge in [-0.15, -0.1) is 12.3 Å². The minimum Gasteiger partial charge on any atom is -0.383 e. The summed E-state index contributed by atoms with van der Waals surface area (Å²) >= 11 is 9.24. The molecule has 1 aromatic carbocycles. The lowest BCUT2D eigenvalue weighted by atomic mass is 10.3. The first-order valence-corrected chi connectivity index (χ1v) is 5.03. The molecule has 0 amide bonds. The zero-order valence-electron chi connectivity index (χ0n) is 6.98. The predicted molar refractivity (Wildman–Crippen MR) is 61.1 cm³/mol. The largest absolute Gasteiger partial charge is 0.383 e. The van der Waals surface area contributed by atoms with E-state index in [1.807, 2.05) is 18.2 Å². The Labute approximate surface area is 91.6 Å². The van der Waals surface area contributed by atoms with Crippen LogP contribution in [0.3, 0.4) is 0 Å². The molecule has 1 N–H and O–H groups in total. The number of halogens is 2. The van der Waals surface area contributed by atoms with Gasteiger partial charge in [0.15, 0.2) is 0 Å². The number of hydrogen-bond acceptors (Lipinski definition) is 1. The second-order valence-corrected chi connectivity index (χ2v) is 3.80. The summed E-state index contributed by atoms with van der Waals surface area (Å²) in [4.78, 5) is 0. The molecule has 13 heavy (non-hydrogen) atoms. The molecule has 0 saturated heterocycles. The van der Waals surface area contributed by atoms with Gasteiger partial charge in [0.25, 0.3) is 0 Å². The normalized spacial score (nSPS) is 9.31. The van der Waals surface area contributed by atoms with Crippen molar-refractivity contribution in [2.45, 2.75) is 6.42 Å². The van der Waals surface area contributed by atoms with Gasteiger partial charge in [-0.05, 0) is 34.1 Å². The van der Waals surface area contributed by atoms with Crippen LogP contribution in [0, 0.1) is 12.3 Å². The second-order valence-electron chi connectivity index (χ2n) is 2.51. The Kier molecular flexibility index (Phi) is 4.14. The maximum absolute atomic E-state index is 5.83. The Morgan fingerprint density at radius 3 is 3.00 bits per heavy atom. The monoisotopic (exact) mass is 257 g/mol. The molecule has 0 aliphatic rings. The molecule has 68 valence electrons. The van der Waals surface area contributed by atoms with Crippen LogP contribution in [0.15, 0.2) is 22.7 Å². The smallest absolute Gasteiger partial charge is 0.0499 e. The van der Waals surface area contributed by atoms with Crippen LogP contribution >= 0.6 is 27.5 Å². The first kappa shape index (κ1) is 10.4. The highest BCUT2D eigenvalue weighted by Gasteiger charge is 1.98. The first-order chi connectivity index (χ1) is 6.24. The molecule has 0 heterocycles. The summed E-state index contributed by atoms with van der Waals surface area (Å²) in [5, 5.41) is 3.90. The van der Waals surface area contributed by atoms with Crippen molar-refractivity contribution in [3.05, 3.63) is 27.7 Å². The quantitative estimate of drug-likeness (QED) is 0.646. The van der Waals surface area contributed by atoms with Crippen LogP contribution in [0.5, 0.6) is 0 Å². The molecule has 1 nitrogen and oxygen atoms in total. The second kappa shape index (κ2) is 5.16. The molecule has 0 spiro atoms. The maximum atomic E-state index is 5.83. The molecule has 0 bridgehead atoms. The molecular formula is C10H9BrClN. The molecule has 3 heteroatoms. The molecule has 0 aromatic heterocycles. The van der Waals surface area contributed by atoms with Crippen molar-refractivity contribution in [3.8, 4) is 12.3 Å². The van der Waals surface area contributed by atoms with E-state index in [1.165, 1.54) is 0 Å². The molecule has 1 aromatic rings. The molecular weight excluding hydrogens is 249 g/mol. The number of hydrogen-bond donors (Lipinski definition) is 1. The summed E-state index contributed by atoms with van der Waals surface area (Å²) in [7, 11) is 0. The third kappa shape index (κ3) is 3.30. The van der Waals surface area contributed by atoms with E-state index in [4.69, 9.17) is 18.0 Å². The van der Waals surface area contributed by atoms with Gasteiger partial charge in [-0.3, -0.25) is 0 Å². The minimum atomic E-state index is 0.707. The van der Waals surface area contributed by atoms with Crippen LogP contribution in [0.4, 0.5) is 5.69 Å². The zero-order valence-corrected chi connectivity index (χ0v) is 9.32. The van der Waals surface area contributed by atoms with E-state index in [-0.39, 0.29) is 0 Å². The Morgan fingerprint density at radius 1 is 1.54 bits per heavy atom. The van der Waals surface area contributed by atoms with E-state index in [2.05, 4.69) is 27.2 Å². The molecule has 0 aliphatic heterocycles. The van der Waals surface area contributed by atoms with Crippen LogP contribution in [-0.2, 0) is 0 Å². The van der Waals surface area contributed by atoms with Crippen LogP contribution in [0.25, 0.3) is 0 Å². The molecule has 0 unspecified atom stereocenters.